The normalized spacial score (nSPS) is 15.9. The molecule has 15 heavy (non-hydrogen) atoms. The van der Waals surface area contributed by atoms with E-state index < -0.39 is 0 Å². The van der Waals surface area contributed by atoms with Crippen LogP contribution in [0.15, 0.2) is 24.3 Å². The van der Waals surface area contributed by atoms with Gasteiger partial charge in [0.1, 0.15) is 0 Å². The lowest BCUT2D eigenvalue weighted by Crippen LogP contribution is -2.55. The van der Waals surface area contributed by atoms with Crippen LogP contribution in [-0.4, -0.2) is 31.1 Å². The second-order valence-corrected chi connectivity index (χ2v) is 3.97. The van der Waals surface area contributed by atoms with E-state index in [0.717, 1.165) is 25.3 Å². The van der Waals surface area contributed by atoms with Crippen LogP contribution in [0.3, 0.4) is 0 Å². The van der Waals surface area contributed by atoms with Crippen LogP contribution < -0.4 is 11.1 Å². The number of anilines is 1. The van der Waals surface area contributed by atoms with Crippen LogP contribution in [0.5, 0.6) is 0 Å². The van der Waals surface area contributed by atoms with E-state index in [2.05, 4.69) is 23.3 Å². The highest BCUT2D eigenvalue weighted by Gasteiger charge is 2.20. The molecule has 0 saturated carbocycles. The summed E-state index contributed by atoms with van der Waals surface area (Å²) < 4.78 is 0. The predicted molar refractivity (Wildman–Crippen MR) is 66.2 cm³/mol. The molecule has 0 aromatic heterocycles. The summed E-state index contributed by atoms with van der Waals surface area (Å²) >= 11 is 0. The van der Waals surface area contributed by atoms with Gasteiger partial charge < -0.3 is 11.1 Å². The molecule has 0 aliphatic carbocycles. The van der Waals surface area contributed by atoms with E-state index in [-0.39, 0.29) is 12.4 Å². The third-order valence-electron chi connectivity index (χ3n) is 2.77. The average Bonchev–Trinajstić information content (AvgIpc) is 1.99. The molecule has 1 aromatic carbocycles. The molecule has 1 aliphatic rings. The zero-order valence-corrected chi connectivity index (χ0v) is 9.76. The number of nitrogens with two attached hydrogens (primary N) is 1. The Morgan fingerprint density at radius 1 is 1.47 bits per heavy atom. The number of nitrogen functional groups attached to an aromatic ring is 1. The first-order valence-electron chi connectivity index (χ1n) is 5.01. The number of hydrogen-bond donors (Lipinski definition) is 2. The van der Waals surface area contributed by atoms with Crippen LogP contribution >= 0.6 is 12.4 Å². The lowest BCUT2D eigenvalue weighted by Gasteiger charge is -2.35. The second kappa shape index (κ2) is 5.35. The van der Waals surface area contributed by atoms with Crippen LogP contribution in [0.2, 0.25) is 0 Å². The molecular formula is C11H18ClN3. The quantitative estimate of drug-likeness (QED) is 0.760. The lowest BCUT2D eigenvalue weighted by atomic mass is 10.1. The average molecular weight is 228 g/mol. The molecule has 0 bridgehead atoms. The molecule has 2 rings (SSSR count). The molecule has 0 radical (unpaired) electrons. The van der Waals surface area contributed by atoms with Gasteiger partial charge in [0.2, 0.25) is 0 Å². The Bertz CT molecular complexity index is 312. The molecule has 1 saturated heterocycles. The van der Waals surface area contributed by atoms with E-state index in [1.54, 1.807) is 0 Å². The van der Waals surface area contributed by atoms with E-state index in [9.17, 15) is 0 Å². The van der Waals surface area contributed by atoms with E-state index >= 15 is 0 Å². The minimum absolute atomic E-state index is 0. The molecule has 84 valence electrons. The smallest absolute Gasteiger partial charge is 0.0345 e. The van der Waals surface area contributed by atoms with Gasteiger partial charge in [-0.05, 0) is 24.7 Å². The van der Waals surface area contributed by atoms with Crippen molar-refractivity contribution in [3.63, 3.8) is 0 Å². The van der Waals surface area contributed by atoms with Gasteiger partial charge >= 0.3 is 0 Å². The van der Waals surface area contributed by atoms with Crippen molar-refractivity contribution in [3.05, 3.63) is 29.8 Å². The second-order valence-electron chi connectivity index (χ2n) is 3.97. The molecule has 0 atom stereocenters. The number of halogens is 1. The molecule has 1 aromatic rings. The number of benzene rings is 1. The molecular weight excluding hydrogens is 210 g/mol. The molecule has 0 amide bonds. The number of hydrogen-bond acceptors (Lipinski definition) is 3. The summed E-state index contributed by atoms with van der Waals surface area (Å²) in [7, 11) is 2.16. The van der Waals surface area contributed by atoms with Gasteiger partial charge in [-0.1, -0.05) is 12.1 Å². The molecule has 1 aliphatic heterocycles. The van der Waals surface area contributed by atoms with Gasteiger partial charge in [-0.2, -0.15) is 0 Å². The fraction of sp³-hybridized carbons (Fsp3) is 0.455. The summed E-state index contributed by atoms with van der Waals surface area (Å²) in [6, 6.07) is 8.80. The van der Waals surface area contributed by atoms with E-state index in [1.165, 1.54) is 5.56 Å². The number of nitrogens with zero attached hydrogens (tertiary/aromatic N) is 1. The van der Waals surface area contributed by atoms with Gasteiger partial charge in [0.25, 0.3) is 0 Å². The summed E-state index contributed by atoms with van der Waals surface area (Å²) in [5, 5.41) is 3.27. The molecule has 3 nitrogen and oxygen atoms in total. The Balaban J connectivity index is 0.00000112. The first-order chi connectivity index (χ1) is 6.75. The van der Waals surface area contributed by atoms with Crippen molar-refractivity contribution in [1.29, 1.82) is 0 Å². The highest BCUT2D eigenvalue weighted by atomic mass is 35.5. The Morgan fingerprint density at radius 2 is 2.20 bits per heavy atom. The van der Waals surface area contributed by atoms with Crippen molar-refractivity contribution in [3.8, 4) is 0 Å². The van der Waals surface area contributed by atoms with Crippen LogP contribution in [-0.2, 0) is 6.54 Å². The van der Waals surface area contributed by atoms with Crippen molar-refractivity contribution >= 4 is 18.1 Å². The maximum absolute atomic E-state index is 5.73. The Morgan fingerprint density at radius 3 is 2.73 bits per heavy atom. The Labute approximate surface area is 97.1 Å². The van der Waals surface area contributed by atoms with Crippen molar-refractivity contribution in [2.75, 3.05) is 25.9 Å². The van der Waals surface area contributed by atoms with Crippen LogP contribution in [0.4, 0.5) is 5.69 Å². The maximum atomic E-state index is 5.73. The SMILES string of the molecule is CN(Cc1cccc(N)c1)C1CNC1.Cl. The monoisotopic (exact) mass is 227 g/mol. The number of rotatable bonds is 3. The topological polar surface area (TPSA) is 41.3 Å². The van der Waals surface area contributed by atoms with Gasteiger partial charge in [-0.15, -0.1) is 12.4 Å². The van der Waals surface area contributed by atoms with Gasteiger partial charge in [0.05, 0.1) is 0 Å². The molecule has 0 unspecified atom stereocenters. The predicted octanol–water partition coefficient (Wildman–Crippen LogP) is 1.09. The van der Waals surface area contributed by atoms with Crippen molar-refractivity contribution in [2.45, 2.75) is 12.6 Å². The summed E-state index contributed by atoms with van der Waals surface area (Å²) in [4.78, 5) is 2.37. The van der Waals surface area contributed by atoms with Crippen LogP contribution in [0, 0.1) is 0 Å². The lowest BCUT2D eigenvalue weighted by molar-refractivity contribution is 0.173. The third kappa shape index (κ3) is 3.09. The summed E-state index contributed by atoms with van der Waals surface area (Å²) in [5.41, 5.74) is 7.87. The molecule has 1 fully saturated rings. The molecule has 4 heteroatoms. The minimum Gasteiger partial charge on any atom is -0.399 e. The summed E-state index contributed by atoms with van der Waals surface area (Å²) in [6.45, 7) is 3.20. The fourth-order valence-corrected chi connectivity index (χ4v) is 1.69. The van der Waals surface area contributed by atoms with E-state index in [1.807, 2.05) is 18.2 Å². The van der Waals surface area contributed by atoms with E-state index in [4.69, 9.17) is 5.73 Å². The molecule has 1 heterocycles. The first kappa shape index (κ1) is 12.3. The zero-order chi connectivity index (χ0) is 9.97. The fourth-order valence-electron chi connectivity index (χ4n) is 1.69. The largest absolute Gasteiger partial charge is 0.399 e. The summed E-state index contributed by atoms with van der Waals surface area (Å²) in [5.74, 6) is 0. The standard InChI is InChI=1S/C11H17N3.ClH/c1-14(11-6-13-7-11)8-9-3-2-4-10(12)5-9;/h2-5,11,13H,6-8,12H2,1H3;1H. The van der Waals surface area contributed by atoms with E-state index in [0.29, 0.717) is 6.04 Å². The van der Waals surface area contributed by atoms with Crippen molar-refractivity contribution in [1.82, 2.24) is 10.2 Å². The van der Waals surface area contributed by atoms with Gasteiger partial charge in [-0.25, -0.2) is 0 Å². The highest BCUT2D eigenvalue weighted by Crippen LogP contribution is 2.11. The first-order valence-corrected chi connectivity index (χ1v) is 5.01. The van der Waals surface area contributed by atoms with Crippen molar-refractivity contribution < 1.29 is 0 Å². The minimum atomic E-state index is 0. The molecule has 3 N–H and O–H groups in total. The third-order valence-corrected chi connectivity index (χ3v) is 2.77. The zero-order valence-electron chi connectivity index (χ0n) is 8.94. The Hall–Kier alpha value is -0.770. The summed E-state index contributed by atoms with van der Waals surface area (Å²) in [6.07, 6.45) is 0. The molecule has 0 spiro atoms. The maximum Gasteiger partial charge on any atom is 0.0345 e. The van der Waals surface area contributed by atoms with Crippen LogP contribution in [0.1, 0.15) is 5.56 Å². The van der Waals surface area contributed by atoms with Crippen LogP contribution in [0.25, 0.3) is 0 Å². The highest BCUT2D eigenvalue weighted by molar-refractivity contribution is 5.85. The number of nitrogens with one attached hydrogen (secondary N) is 1. The Kier molecular flexibility index (Phi) is 4.39. The van der Waals surface area contributed by atoms with Gasteiger partial charge in [-0.3, -0.25) is 4.90 Å². The van der Waals surface area contributed by atoms with Gasteiger partial charge in [0, 0.05) is 31.4 Å². The van der Waals surface area contributed by atoms with Gasteiger partial charge in [0.15, 0.2) is 0 Å². The number of likely N-dealkylation sites (N-methyl/N-ethyl adjacent to an activating group) is 1. The van der Waals surface area contributed by atoms with Crippen molar-refractivity contribution in [2.24, 2.45) is 0 Å².